The number of ether oxygens (including phenoxy) is 1. The fraction of sp³-hybridized carbons (Fsp3) is 0.370. The Bertz CT molecular complexity index is 1170. The number of hydrogen-bond acceptors (Lipinski definition) is 6. The number of carboxylic acids is 1. The molecular weight excluding hydrogens is 492 g/mol. The zero-order valence-electron chi connectivity index (χ0n) is 21.4. The lowest BCUT2D eigenvalue weighted by molar-refractivity contribution is -0.145. The SMILES string of the molecule is CCN1CC(=O)N(C)CC(=O)N[C@H](Cc2ccccc2)COc2ccccc2C(=O)N[C@H](C(=O)O)CC1=O. The summed E-state index contributed by atoms with van der Waals surface area (Å²) in [5.74, 6) is -3.45. The summed E-state index contributed by atoms with van der Waals surface area (Å²) in [7, 11) is 1.45. The number of fused-ring (bicyclic) bond motifs is 1. The molecule has 0 radical (unpaired) electrons. The van der Waals surface area contributed by atoms with Gasteiger partial charge < -0.3 is 30.3 Å². The van der Waals surface area contributed by atoms with E-state index in [1.54, 1.807) is 25.1 Å². The number of hydrogen-bond donors (Lipinski definition) is 3. The maximum Gasteiger partial charge on any atom is 0.326 e. The van der Waals surface area contributed by atoms with Crippen molar-refractivity contribution in [3.63, 3.8) is 0 Å². The molecule has 0 bridgehead atoms. The van der Waals surface area contributed by atoms with Crippen LogP contribution < -0.4 is 15.4 Å². The number of amides is 4. The van der Waals surface area contributed by atoms with Crippen LogP contribution in [0.15, 0.2) is 54.6 Å². The van der Waals surface area contributed by atoms with Crippen LogP contribution in [-0.4, -0.2) is 89.9 Å². The topological polar surface area (TPSA) is 145 Å². The average molecular weight is 525 g/mol. The molecule has 0 aliphatic carbocycles. The van der Waals surface area contributed by atoms with Crippen LogP contribution >= 0.6 is 0 Å². The Kier molecular flexibility index (Phi) is 9.80. The molecule has 3 N–H and O–H groups in total. The molecule has 202 valence electrons. The van der Waals surface area contributed by atoms with E-state index in [1.807, 2.05) is 30.3 Å². The maximum atomic E-state index is 13.0. The summed E-state index contributed by atoms with van der Waals surface area (Å²) in [4.78, 5) is 65.7. The summed E-state index contributed by atoms with van der Waals surface area (Å²) < 4.78 is 5.94. The number of para-hydroxylation sites is 1. The van der Waals surface area contributed by atoms with E-state index < -0.39 is 48.1 Å². The van der Waals surface area contributed by atoms with E-state index in [0.717, 1.165) is 5.56 Å². The van der Waals surface area contributed by atoms with Gasteiger partial charge in [0, 0.05) is 13.6 Å². The zero-order chi connectivity index (χ0) is 27.7. The quantitative estimate of drug-likeness (QED) is 0.533. The summed E-state index contributed by atoms with van der Waals surface area (Å²) in [5, 5.41) is 14.9. The Morgan fingerprint density at radius 1 is 0.974 bits per heavy atom. The first-order valence-corrected chi connectivity index (χ1v) is 12.3. The largest absolute Gasteiger partial charge is 0.491 e. The van der Waals surface area contributed by atoms with Crippen molar-refractivity contribution >= 4 is 29.6 Å². The third-order valence-corrected chi connectivity index (χ3v) is 6.11. The van der Waals surface area contributed by atoms with Crippen LogP contribution in [0.25, 0.3) is 0 Å². The third-order valence-electron chi connectivity index (χ3n) is 6.11. The number of carbonyl (C=O) groups excluding carboxylic acids is 4. The number of carbonyl (C=O) groups is 5. The van der Waals surface area contributed by atoms with Crippen molar-refractivity contribution < 1.29 is 33.8 Å². The molecule has 1 heterocycles. The fourth-order valence-electron chi connectivity index (χ4n) is 4.00. The van der Waals surface area contributed by atoms with Gasteiger partial charge in [-0.25, -0.2) is 4.79 Å². The van der Waals surface area contributed by atoms with Gasteiger partial charge in [-0.05, 0) is 31.0 Å². The highest BCUT2D eigenvalue weighted by Crippen LogP contribution is 2.19. The van der Waals surface area contributed by atoms with Gasteiger partial charge in [-0.2, -0.15) is 0 Å². The normalized spacial score (nSPS) is 20.1. The Labute approximate surface area is 220 Å². The highest BCUT2D eigenvalue weighted by Gasteiger charge is 2.29. The lowest BCUT2D eigenvalue weighted by Gasteiger charge is -2.25. The molecule has 0 fully saturated rings. The molecular formula is C27H32N4O7. The van der Waals surface area contributed by atoms with E-state index in [-0.39, 0.29) is 37.6 Å². The summed E-state index contributed by atoms with van der Waals surface area (Å²) in [6.07, 6.45) is -0.119. The molecule has 4 amide bonds. The van der Waals surface area contributed by atoms with E-state index in [9.17, 15) is 29.1 Å². The van der Waals surface area contributed by atoms with Crippen LogP contribution in [0.2, 0.25) is 0 Å². The van der Waals surface area contributed by atoms with E-state index in [0.29, 0.717) is 6.42 Å². The van der Waals surface area contributed by atoms with Crippen molar-refractivity contribution in [2.24, 2.45) is 0 Å². The molecule has 2 atom stereocenters. The summed E-state index contributed by atoms with van der Waals surface area (Å²) in [5.41, 5.74) is 1.03. The van der Waals surface area contributed by atoms with Crippen molar-refractivity contribution in [3.8, 4) is 5.75 Å². The zero-order valence-corrected chi connectivity index (χ0v) is 21.4. The van der Waals surface area contributed by atoms with E-state index >= 15 is 0 Å². The van der Waals surface area contributed by atoms with Crippen molar-refractivity contribution in [3.05, 3.63) is 65.7 Å². The van der Waals surface area contributed by atoms with Gasteiger partial charge >= 0.3 is 5.97 Å². The van der Waals surface area contributed by atoms with Gasteiger partial charge in [0.15, 0.2) is 0 Å². The van der Waals surface area contributed by atoms with Crippen molar-refractivity contribution in [1.29, 1.82) is 0 Å². The van der Waals surface area contributed by atoms with Crippen LogP contribution in [0.3, 0.4) is 0 Å². The Hall–Kier alpha value is -4.41. The second kappa shape index (κ2) is 13.2. The first kappa shape index (κ1) is 28.2. The molecule has 11 heteroatoms. The minimum absolute atomic E-state index is 0.00699. The van der Waals surface area contributed by atoms with E-state index in [4.69, 9.17) is 4.74 Å². The molecule has 0 saturated carbocycles. The van der Waals surface area contributed by atoms with E-state index in [2.05, 4.69) is 10.6 Å². The van der Waals surface area contributed by atoms with Gasteiger partial charge in [-0.1, -0.05) is 42.5 Å². The van der Waals surface area contributed by atoms with Gasteiger partial charge in [-0.15, -0.1) is 0 Å². The highest BCUT2D eigenvalue weighted by molar-refractivity contribution is 6.00. The molecule has 2 aromatic carbocycles. The average Bonchev–Trinajstić information content (AvgIpc) is 2.89. The van der Waals surface area contributed by atoms with Crippen molar-refractivity contribution in [2.75, 3.05) is 33.3 Å². The van der Waals surface area contributed by atoms with Crippen molar-refractivity contribution in [1.82, 2.24) is 20.4 Å². The smallest absolute Gasteiger partial charge is 0.326 e. The standard InChI is InChI=1S/C27H32N4O7/c1-3-31-16-25(34)30(2)15-23(32)28-19(13-18-9-5-4-6-10-18)17-38-22-12-8-7-11-20(22)26(35)29-21(27(36)37)14-24(31)33/h4-12,19,21H,3,13-17H2,1-2H3,(H,28,32)(H,29,35)(H,36,37)/t19-,21+/m1/s1. The third kappa shape index (κ3) is 7.79. The summed E-state index contributed by atoms with van der Waals surface area (Å²) >= 11 is 0. The number of likely N-dealkylation sites (N-methyl/N-ethyl adjacent to an activating group) is 2. The van der Waals surface area contributed by atoms with Crippen molar-refractivity contribution in [2.45, 2.75) is 31.8 Å². The molecule has 1 aliphatic rings. The second-order valence-electron chi connectivity index (χ2n) is 8.99. The first-order chi connectivity index (χ1) is 18.2. The molecule has 2 aromatic rings. The highest BCUT2D eigenvalue weighted by atomic mass is 16.5. The second-order valence-corrected chi connectivity index (χ2v) is 8.99. The summed E-state index contributed by atoms with van der Waals surface area (Å²) in [6.45, 7) is 1.22. The predicted octanol–water partition coefficient (Wildman–Crippen LogP) is 0.687. The number of carboxylic acid groups (broad SMARTS) is 1. The van der Waals surface area contributed by atoms with Gasteiger partial charge in [-0.3, -0.25) is 19.2 Å². The Balaban J connectivity index is 1.93. The number of nitrogens with one attached hydrogen (secondary N) is 2. The Morgan fingerprint density at radius 2 is 1.66 bits per heavy atom. The monoisotopic (exact) mass is 524 g/mol. The molecule has 11 nitrogen and oxygen atoms in total. The van der Waals surface area contributed by atoms with Gasteiger partial charge in [0.1, 0.15) is 18.4 Å². The molecule has 1 aliphatic heterocycles. The van der Waals surface area contributed by atoms with Gasteiger partial charge in [0.05, 0.1) is 31.1 Å². The molecule has 0 aromatic heterocycles. The number of nitrogens with zero attached hydrogens (tertiary/aromatic N) is 2. The van der Waals surface area contributed by atoms with Crippen LogP contribution in [0.1, 0.15) is 29.3 Å². The van der Waals surface area contributed by atoms with Crippen LogP contribution in [0, 0.1) is 0 Å². The Morgan fingerprint density at radius 3 is 2.34 bits per heavy atom. The van der Waals surface area contributed by atoms with Crippen LogP contribution in [0.5, 0.6) is 5.75 Å². The fourth-order valence-corrected chi connectivity index (χ4v) is 4.00. The number of benzene rings is 2. The maximum absolute atomic E-state index is 13.0. The molecule has 0 spiro atoms. The molecule has 38 heavy (non-hydrogen) atoms. The number of rotatable bonds is 4. The van der Waals surface area contributed by atoms with Gasteiger partial charge in [0.25, 0.3) is 5.91 Å². The lowest BCUT2D eigenvalue weighted by atomic mass is 10.1. The number of aliphatic carboxylic acids is 1. The predicted molar refractivity (Wildman–Crippen MR) is 137 cm³/mol. The minimum Gasteiger partial charge on any atom is -0.491 e. The van der Waals surface area contributed by atoms with Crippen LogP contribution in [0.4, 0.5) is 0 Å². The van der Waals surface area contributed by atoms with E-state index in [1.165, 1.54) is 22.9 Å². The molecule has 3 rings (SSSR count). The van der Waals surface area contributed by atoms with Crippen LogP contribution in [-0.2, 0) is 25.6 Å². The molecule has 0 saturated heterocycles. The first-order valence-electron chi connectivity index (χ1n) is 12.3. The summed E-state index contributed by atoms with van der Waals surface area (Å²) in [6, 6.07) is 13.8. The molecule has 0 unspecified atom stereocenters. The minimum atomic E-state index is -1.52. The lowest BCUT2D eigenvalue weighted by Crippen LogP contribution is -2.49. The van der Waals surface area contributed by atoms with Gasteiger partial charge in [0.2, 0.25) is 17.7 Å².